The zero-order valence-electron chi connectivity index (χ0n) is 16.5. The van der Waals surface area contributed by atoms with E-state index in [0.717, 1.165) is 0 Å². The van der Waals surface area contributed by atoms with Gasteiger partial charge in [-0.2, -0.15) is 0 Å². The van der Waals surface area contributed by atoms with Crippen molar-refractivity contribution in [2.24, 2.45) is 5.73 Å². The van der Waals surface area contributed by atoms with Crippen LogP contribution in [0.5, 0.6) is 0 Å². The smallest absolute Gasteiger partial charge is 0.335 e. The predicted molar refractivity (Wildman–Crippen MR) is 126 cm³/mol. The first-order valence-corrected chi connectivity index (χ1v) is 10.4. The van der Waals surface area contributed by atoms with Crippen LogP contribution in [0.1, 0.15) is 26.3 Å². The highest BCUT2D eigenvalue weighted by atomic mass is 35.5. The average molecular weight is 490 g/mol. The average Bonchev–Trinajstić information content (AvgIpc) is 3.09. The number of rotatable bonds is 5. The number of primary amides is 1. The molecule has 162 valence electrons. The number of anilines is 2. The minimum absolute atomic E-state index is 0.0795. The van der Waals surface area contributed by atoms with Crippen molar-refractivity contribution in [1.82, 2.24) is 9.55 Å². The normalized spacial score (nSPS) is 11.0. The largest absolute Gasteiger partial charge is 0.478 e. The molecule has 10 heteroatoms. The van der Waals surface area contributed by atoms with Gasteiger partial charge in [0.05, 0.1) is 43.0 Å². The van der Waals surface area contributed by atoms with E-state index < -0.39 is 11.9 Å². The molecule has 0 atom stereocenters. The quantitative estimate of drug-likeness (QED) is 0.326. The number of aryl methyl sites for hydroxylation is 1. The van der Waals surface area contributed by atoms with Gasteiger partial charge in [0.15, 0.2) is 0 Å². The zero-order chi connectivity index (χ0) is 23.2. The van der Waals surface area contributed by atoms with Crippen LogP contribution in [0, 0.1) is 6.92 Å². The molecule has 0 aliphatic rings. The number of hydrogen-bond donors (Lipinski definition) is 3. The van der Waals surface area contributed by atoms with Gasteiger partial charge in [0, 0.05) is 5.56 Å². The molecule has 4 aromatic rings. The summed E-state index contributed by atoms with van der Waals surface area (Å²) in [6.07, 6.45) is 0. The van der Waals surface area contributed by atoms with Crippen LogP contribution in [0.25, 0.3) is 16.7 Å². The molecule has 0 unspecified atom stereocenters. The second-order valence-corrected chi connectivity index (χ2v) is 8.21. The van der Waals surface area contributed by atoms with Crippen molar-refractivity contribution < 1.29 is 14.7 Å². The summed E-state index contributed by atoms with van der Waals surface area (Å²) < 4.78 is 1.70. The number of carbonyl (C=O) groups excluding carboxylic acids is 1. The molecule has 0 aliphatic heterocycles. The first kappa shape index (κ1) is 22.0. The van der Waals surface area contributed by atoms with E-state index in [-0.39, 0.29) is 10.6 Å². The summed E-state index contributed by atoms with van der Waals surface area (Å²) in [6, 6.07) is 12.8. The summed E-state index contributed by atoms with van der Waals surface area (Å²) >= 11 is 19.2. The van der Waals surface area contributed by atoms with Crippen LogP contribution in [0.2, 0.25) is 15.1 Å². The molecule has 0 bridgehead atoms. The van der Waals surface area contributed by atoms with Gasteiger partial charge in [-0.15, -0.1) is 0 Å². The molecule has 3 aromatic carbocycles. The molecule has 1 heterocycles. The van der Waals surface area contributed by atoms with E-state index in [1.54, 1.807) is 41.8 Å². The lowest BCUT2D eigenvalue weighted by molar-refractivity contribution is 0.0696. The minimum atomic E-state index is -1.08. The number of carbonyl (C=O) groups is 2. The van der Waals surface area contributed by atoms with Crippen molar-refractivity contribution in [2.45, 2.75) is 6.92 Å². The number of carboxylic acids is 1. The molecule has 0 aliphatic carbocycles. The lowest BCUT2D eigenvalue weighted by Gasteiger charge is -2.16. The highest BCUT2D eigenvalue weighted by Crippen LogP contribution is 2.36. The fraction of sp³-hybridized carbons (Fsp3) is 0.0455. The molecular weight excluding hydrogens is 475 g/mol. The fourth-order valence-corrected chi connectivity index (χ4v) is 4.11. The van der Waals surface area contributed by atoms with Gasteiger partial charge in [-0.1, -0.05) is 40.9 Å². The monoisotopic (exact) mass is 488 g/mol. The number of halogens is 3. The second kappa shape index (κ2) is 8.35. The van der Waals surface area contributed by atoms with Gasteiger partial charge in [-0.3, -0.25) is 9.36 Å². The Morgan fingerprint density at radius 1 is 1.03 bits per heavy atom. The number of para-hydroxylation sites is 1. The number of imidazole rings is 1. The second-order valence-electron chi connectivity index (χ2n) is 6.98. The van der Waals surface area contributed by atoms with Crippen LogP contribution in [-0.4, -0.2) is 26.5 Å². The van der Waals surface area contributed by atoms with Gasteiger partial charge >= 0.3 is 5.97 Å². The Bertz CT molecular complexity index is 1400. The third-order valence-electron chi connectivity index (χ3n) is 4.90. The van der Waals surface area contributed by atoms with E-state index in [1.807, 2.05) is 0 Å². The minimum Gasteiger partial charge on any atom is -0.478 e. The van der Waals surface area contributed by atoms with Gasteiger partial charge in [0.2, 0.25) is 11.9 Å². The topological polar surface area (TPSA) is 110 Å². The Balaban J connectivity index is 2.00. The predicted octanol–water partition coefficient (Wildman–Crippen LogP) is 5.83. The summed E-state index contributed by atoms with van der Waals surface area (Å²) in [6.45, 7) is 1.74. The maximum atomic E-state index is 11.7. The number of aromatic carboxylic acids is 1. The third-order valence-corrected chi connectivity index (χ3v) is 5.83. The van der Waals surface area contributed by atoms with Crippen molar-refractivity contribution in [3.63, 3.8) is 0 Å². The van der Waals surface area contributed by atoms with Crippen LogP contribution in [0.4, 0.5) is 11.6 Å². The molecular formula is C22H15Cl3N4O3. The Kier molecular flexibility index (Phi) is 5.73. The number of nitrogens with one attached hydrogen (secondary N) is 1. The highest BCUT2D eigenvalue weighted by molar-refractivity contribution is 6.39. The lowest BCUT2D eigenvalue weighted by Crippen LogP contribution is -2.13. The standard InChI is InChI=1S/C22H15Cl3N4O3/c1-10-7-18(15(25)9-12(10)20(26)30)29-17-6-5-11(21(31)32)8-16(17)27-22(29)28-19-13(23)3-2-4-14(19)24/h2-9H,1H3,(H2,26,30)(H,27,28)(H,31,32). The van der Waals surface area contributed by atoms with E-state index in [9.17, 15) is 14.7 Å². The van der Waals surface area contributed by atoms with Crippen LogP contribution in [0.3, 0.4) is 0 Å². The number of nitrogens with zero attached hydrogens (tertiary/aromatic N) is 2. The molecule has 0 radical (unpaired) electrons. The summed E-state index contributed by atoms with van der Waals surface area (Å²) in [5.41, 5.74) is 8.34. The van der Waals surface area contributed by atoms with Crippen molar-refractivity contribution in [1.29, 1.82) is 0 Å². The Morgan fingerprint density at radius 3 is 2.34 bits per heavy atom. The molecule has 0 saturated carbocycles. The van der Waals surface area contributed by atoms with Crippen molar-refractivity contribution in [2.75, 3.05) is 5.32 Å². The Morgan fingerprint density at radius 2 is 1.72 bits per heavy atom. The number of fused-ring (bicyclic) bond motifs is 1. The number of hydrogen-bond acceptors (Lipinski definition) is 4. The van der Waals surface area contributed by atoms with Gasteiger partial charge in [0.25, 0.3) is 0 Å². The first-order chi connectivity index (χ1) is 15.2. The van der Waals surface area contributed by atoms with E-state index in [2.05, 4.69) is 10.3 Å². The maximum absolute atomic E-state index is 11.7. The molecule has 0 saturated heterocycles. The molecule has 32 heavy (non-hydrogen) atoms. The highest BCUT2D eigenvalue weighted by Gasteiger charge is 2.20. The van der Waals surface area contributed by atoms with Crippen LogP contribution >= 0.6 is 34.8 Å². The van der Waals surface area contributed by atoms with Crippen LogP contribution in [0.15, 0.2) is 48.5 Å². The fourth-order valence-electron chi connectivity index (χ4n) is 3.37. The van der Waals surface area contributed by atoms with E-state index in [0.29, 0.717) is 49.5 Å². The summed E-state index contributed by atoms with van der Waals surface area (Å²) in [4.78, 5) is 27.7. The Labute approximate surface area is 197 Å². The van der Waals surface area contributed by atoms with Crippen molar-refractivity contribution in [3.05, 3.63) is 80.3 Å². The molecule has 1 amide bonds. The molecule has 0 fully saturated rings. The van der Waals surface area contributed by atoms with E-state index in [4.69, 9.17) is 40.5 Å². The number of nitrogens with two attached hydrogens (primary N) is 1. The summed E-state index contributed by atoms with van der Waals surface area (Å²) in [5, 5.41) is 13.5. The Hall–Kier alpha value is -3.26. The maximum Gasteiger partial charge on any atom is 0.335 e. The molecule has 7 nitrogen and oxygen atoms in total. The van der Waals surface area contributed by atoms with E-state index in [1.165, 1.54) is 18.2 Å². The van der Waals surface area contributed by atoms with Gasteiger partial charge in [-0.25, -0.2) is 9.78 Å². The molecule has 4 rings (SSSR count). The SMILES string of the molecule is Cc1cc(-n2c(Nc3c(Cl)cccc3Cl)nc3cc(C(=O)O)ccc32)c(Cl)cc1C(N)=O. The molecule has 1 aromatic heterocycles. The van der Waals surface area contributed by atoms with Crippen LogP contribution < -0.4 is 11.1 Å². The van der Waals surface area contributed by atoms with Gasteiger partial charge in [0.1, 0.15) is 0 Å². The summed E-state index contributed by atoms with van der Waals surface area (Å²) in [7, 11) is 0. The molecule has 0 spiro atoms. The third kappa shape index (κ3) is 3.86. The number of benzene rings is 3. The van der Waals surface area contributed by atoms with Crippen molar-refractivity contribution >= 4 is 69.3 Å². The summed E-state index contributed by atoms with van der Waals surface area (Å²) in [5.74, 6) is -1.38. The molecule has 4 N–H and O–H groups in total. The number of aromatic nitrogens is 2. The lowest BCUT2D eigenvalue weighted by atomic mass is 10.1. The van der Waals surface area contributed by atoms with E-state index >= 15 is 0 Å². The number of carboxylic acid groups (broad SMARTS) is 1. The van der Waals surface area contributed by atoms with Gasteiger partial charge < -0.3 is 16.2 Å². The van der Waals surface area contributed by atoms with Gasteiger partial charge in [-0.05, 0) is 55.0 Å². The zero-order valence-corrected chi connectivity index (χ0v) is 18.8. The van der Waals surface area contributed by atoms with Crippen LogP contribution in [-0.2, 0) is 0 Å². The number of amides is 1. The first-order valence-electron chi connectivity index (χ1n) is 9.24. The van der Waals surface area contributed by atoms with Crippen molar-refractivity contribution in [3.8, 4) is 5.69 Å².